The second-order valence-corrected chi connectivity index (χ2v) is 4.06. The van der Waals surface area contributed by atoms with Gasteiger partial charge in [-0.1, -0.05) is 12.1 Å². The largest absolute Gasteiger partial charge is 0.334 e. The summed E-state index contributed by atoms with van der Waals surface area (Å²) in [6.07, 6.45) is 1.85. The van der Waals surface area contributed by atoms with Crippen LogP contribution in [-0.4, -0.2) is 16.6 Å². The fourth-order valence-electron chi connectivity index (χ4n) is 1.93. The van der Waals surface area contributed by atoms with Crippen LogP contribution in [0.5, 0.6) is 0 Å². The van der Waals surface area contributed by atoms with Crippen LogP contribution < -0.4 is 5.32 Å². The van der Waals surface area contributed by atoms with Crippen LogP contribution in [0.25, 0.3) is 0 Å². The van der Waals surface area contributed by atoms with Gasteiger partial charge < -0.3 is 9.88 Å². The van der Waals surface area contributed by atoms with E-state index in [1.807, 2.05) is 31.8 Å². The molecule has 1 N–H and O–H groups in total. The van der Waals surface area contributed by atoms with Crippen LogP contribution in [0.1, 0.15) is 23.1 Å². The molecular weight excluding hydrogens is 217 g/mol. The highest BCUT2D eigenvalue weighted by Gasteiger charge is 2.16. The van der Waals surface area contributed by atoms with Crippen LogP contribution in [0.2, 0.25) is 0 Å². The molecule has 1 heterocycles. The minimum Gasteiger partial charge on any atom is -0.334 e. The van der Waals surface area contributed by atoms with Crippen molar-refractivity contribution >= 4 is 0 Å². The SMILES string of the molecule is CNC(c1ccc(F)cc1)c1cnc(C)n1C. The molecule has 1 atom stereocenters. The van der Waals surface area contributed by atoms with Gasteiger partial charge in [0.1, 0.15) is 11.6 Å². The third-order valence-electron chi connectivity index (χ3n) is 3.04. The lowest BCUT2D eigenvalue weighted by molar-refractivity contribution is 0.614. The van der Waals surface area contributed by atoms with E-state index >= 15 is 0 Å². The lowest BCUT2D eigenvalue weighted by Gasteiger charge is -2.17. The van der Waals surface area contributed by atoms with E-state index in [9.17, 15) is 4.39 Å². The molecule has 0 radical (unpaired) electrons. The predicted octanol–water partition coefficient (Wildman–Crippen LogP) is 2.18. The van der Waals surface area contributed by atoms with Crippen molar-refractivity contribution in [2.24, 2.45) is 7.05 Å². The van der Waals surface area contributed by atoms with Crippen molar-refractivity contribution in [3.05, 3.63) is 53.4 Å². The Morgan fingerprint density at radius 2 is 1.94 bits per heavy atom. The van der Waals surface area contributed by atoms with Gasteiger partial charge in [0.2, 0.25) is 0 Å². The van der Waals surface area contributed by atoms with E-state index in [0.717, 1.165) is 17.1 Å². The van der Waals surface area contributed by atoms with Gasteiger partial charge in [-0.3, -0.25) is 0 Å². The van der Waals surface area contributed by atoms with E-state index in [1.54, 1.807) is 12.1 Å². The number of rotatable bonds is 3. The number of nitrogens with zero attached hydrogens (tertiary/aromatic N) is 2. The number of imidazole rings is 1. The minimum absolute atomic E-state index is 0.0294. The first-order valence-electron chi connectivity index (χ1n) is 5.54. The van der Waals surface area contributed by atoms with Gasteiger partial charge in [-0.15, -0.1) is 0 Å². The minimum atomic E-state index is -0.218. The van der Waals surface area contributed by atoms with Gasteiger partial charge >= 0.3 is 0 Å². The molecule has 17 heavy (non-hydrogen) atoms. The topological polar surface area (TPSA) is 29.9 Å². The maximum absolute atomic E-state index is 12.9. The van der Waals surface area contributed by atoms with Gasteiger partial charge in [-0.25, -0.2) is 9.37 Å². The summed E-state index contributed by atoms with van der Waals surface area (Å²) in [4.78, 5) is 4.28. The zero-order chi connectivity index (χ0) is 12.4. The van der Waals surface area contributed by atoms with Gasteiger partial charge in [0, 0.05) is 7.05 Å². The first kappa shape index (κ1) is 11.8. The summed E-state index contributed by atoms with van der Waals surface area (Å²) < 4.78 is 14.9. The average Bonchev–Trinajstić information content (AvgIpc) is 2.65. The third-order valence-corrected chi connectivity index (χ3v) is 3.04. The number of nitrogens with one attached hydrogen (secondary N) is 1. The molecule has 4 heteroatoms. The fraction of sp³-hybridized carbons (Fsp3) is 0.308. The second-order valence-electron chi connectivity index (χ2n) is 4.06. The molecule has 90 valence electrons. The lowest BCUT2D eigenvalue weighted by atomic mass is 10.0. The summed E-state index contributed by atoms with van der Waals surface area (Å²) >= 11 is 0. The molecule has 0 aliphatic heterocycles. The molecule has 0 spiro atoms. The molecule has 0 bridgehead atoms. The van der Waals surface area contributed by atoms with Crippen molar-refractivity contribution in [3.63, 3.8) is 0 Å². The normalized spacial score (nSPS) is 12.7. The number of aryl methyl sites for hydroxylation is 1. The molecule has 2 rings (SSSR count). The zero-order valence-corrected chi connectivity index (χ0v) is 10.2. The third kappa shape index (κ3) is 2.22. The molecule has 1 unspecified atom stereocenters. The van der Waals surface area contributed by atoms with E-state index in [2.05, 4.69) is 10.3 Å². The monoisotopic (exact) mass is 233 g/mol. The van der Waals surface area contributed by atoms with Gasteiger partial charge in [-0.2, -0.15) is 0 Å². The molecule has 0 fully saturated rings. The Hall–Kier alpha value is -1.68. The van der Waals surface area contributed by atoms with Gasteiger partial charge in [0.25, 0.3) is 0 Å². The molecule has 2 aromatic rings. The predicted molar refractivity (Wildman–Crippen MR) is 65.2 cm³/mol. The molecule has 0 saturated heterocycles. The summed E-state index contributed by atoms with van der Waals surface area (Å²) in [7, 11) is 3.86. The molecule has 3 nitrogen and oxygen atoms in total. The van der Waals surface area contributed by atoms with Crippen LogP contribution >= 0.6 is 0 Å². The van der Waals surface area contributed by atoms with Crippen LogP contribution in [-0.2, 0) is 7.05 Å². The van der Waals surface area contributed by atoms with Crippen LogP contribution in [0.3, 0.4) is 0 Å². The summed E-state index contributed by atoms with van der Waals surface area (Å²) in [6.45, 7) is 1.96. The Morgan fingerprint density at radius 3 is 2.41 bits per heavy atom. The summed E-state index contributed by atoms with van der Waals surface area (Å²) in [5.74, 6) is 0.743. The molecule has 0 aliphatic carbocycles. The van der Waals surface area contributed by atoms with E-state index < -0.39 is 0 Å². The summed E-state index contributed by atoms with van der Waals surface area (Å²) in [5.41, 5.74) is 2.09. The van der Waals surface area contributed by atoms with E-state index in [0.29, 0.717) is 0 Å². The number of benzene rings is 1. The number of aromatic nitrogens is 2. The Balaban J connectivity index is 2.40. The number of hydrogen-bond acceptors (Lipinski definition) is 2. The molecular formula is C13H16FN3. The van der Waals surface area contributed by atoms with Gasteiger partial charge in [0.05, 0.1) is 17.9 Å². The maximum atomic E-state index is 12.9. The van der Waals surface area contributed by atoms with E-state index in [1.165, 1.54) is 12.1 Å². The van der Waals surface area contributed by atoms with Crippen molar-refractivity contribution in [2.75, 3.05) is 7.05 Å². The summed E-state index contributed by atoms with van der Waals surface area (Å²) in [5, 5.41) is 3.22. The highest BCUT2D eigenvalue weighted by atomic mass is 19.1. The highest BCUT2D eigenvalue weighted by molar-refractivity contribution is 5.28. The Kier molecular flexibility index (Phi) is 3.24. The first-order valence-corrected chi connectivity index (χ1v) is 5.54. The second kappa shape index (κ2) is 4.67. The quantitative estimate of drug-likeness (QED) is 0.880. The number of halogens is 1. The van der Waals surface area contributed by atoms with Crippen molar-refractivity contribution < 1.29 is 4.39 Å². The Bertz CT molecular complexity index is 502. The average molecular weight is 233 g/mol. The zero-order valence-electron chi connectivity index (χ0n) is 10.2. The Morgan fingerprint density at radius 1 is 1.29 bits per heavy atom. The standard InChI is InChI=1S/C13H16FN3/c1-9-16-8-12(17(9)3)13(15-2)10-4-6-11(14)7-5-10/h4-8,13,15H,1-3H3. The smallest absolute Gasteiger partial charge is 0.123 e. The van der Waals surface area contributed by atoms with Crippen molar-refractivity contribution in [1.29, 1.82) is 0 Å². The van der Waals surface area contributed by atoms with Crippen molar-refractivity contribution in [3.8, 4) is 0 Å². The molecule has 0 saturated carbocycles. The van der Waals surface area contributed by atoms with Gasteiger partial charge in [0.15, 0.2) is 0 Å². The van der Waals surface area contributed by atoms with Gasteiger partial charge in [-0.05, 0) is 31.7 Å². The van der Waals surface area contributed by atoms with Crippen molar-refractivity contribution in [1.82, 2.24) is 14.9 Å². The van der Waals surface area contributed by atoms with Crippen LogP contribution in [0.4, 0.5) is 4.39 Å². The van der Waals surface area contributed by atoms with E-state index in [-0.39, 0.29) is 11.9 Å². The maximum Gasteiger partial charge on any atom is 0.123 e. The van der Waals surface area contributed by atoms with Crippen molar-refractivity contribution in [2.45, 2.75) is 13.0 Å². The van der Waals surface area contributed by atoms with Crippen LogP contribution in [0.15, 0.2) is 30.5 Å². The Labute approximate surface area is 100 Å². The molecule has 0 aliphatic rings. The lowest BCUT2D eigenvalue weighted by Crippen LogP contribution is -2.20. The fourth-order valence-corrected chi connectivity index (χ4v) is 1.93. The first-order chi connectivity index (χ1) is 8.13. The number of hydrogen-bond donors (Lipinski definition) is 1. The summed E-state index contributed by atoms with van der Waals surface area (Å²) in [6, 6.07) is 6.56. The van der Waals surface area contributed by atoms with Crippen LogP contribution in [0, 0.1) is 12.7 Å². The van der Waals surface area contributed by atoms with E-state index in [4.69, 9.17) is 0 Å². The molecule has 1 aromatic heterocycles. The molecule has 0 amide bonds. The molecule has 1 aromatic carbocycles. The highest BCUT2D eigenvalue weighted by Crippen LogP contribution is 2.22.